The van der Waals surface area contributed by atoms with Crippen LogP contribution in [0, 0.1) is 17.8 Å². The van der Waals surface area contributed by atoms with Crippen molar-refractivity contribution in [2.24, 2.45) is 17.8 Å². The summed E-state index contributed by atoms with van der Waals surface area (Å²) in [6, 6.07) is 6.76. The van der Waals surface area contributed by atoms with Gasteiger partial charge in [-0.15, -0.1) is 11.3 Å². The van der Waals surface area contributed by atoms with E-state index in [2.05, 4.69) is 26.3 Å². The van der Waals surface area contributed by atoms with Gasteiger partial charge in [-0.3, -0.25) is 19.7 Å². The number of benzene rings is 1. The molecule has 3 amide bonds. The van der Waals surface area contributed by atoms with Gasteiger partial charge in [0.15, 0.2) is 5.01 Å². The number of amides is 3. The van der Waals surface area contributed by atoms with E-state index in [4.69, 9.17) is 0 Å². The van der Waals surface area contributed by atoms with E-state index in [9.17, 15) is 14.4 Å². The van der Waals surface area contributed by atoms with Gasteiger partial charge in [0, 0.05) is 35.3 Å². The molecule has 1 unspecified atom stereocenters. The van der Waals surface area contributed by atoms with Crippen LogP contribution in [0.25, 0.3) is 0 Å². The van der Waals surface area contributed by atoms with Crippen molar-refractivity contribution in [1.82, 2.24) is 15.6 Å². The van der Waals surface area contributed by atoms with Crippen molar-refractivity contribution in [3.63, 3.8) is 0 Å². The van der Waals surface area contributed by atoms with Crippen molar-refractivity contribution in [3.8, 4) is 0 Å². The van der Waals surface area contributed by atoms with Gasteiger partial charge in [0.25, 0.3) is 5.91 Å². The molecule has 1 aliphatic heterocycles. The van der Waals surface area contributed by atoms with Crippen LogP contribution in [-0.2, 0) is 16.1 Å². The number of piperidine rings is 1. The molecule has 8 nitrogen and oxygen atoms in total. The number of imide groups is 1. The molecule has 4 saturated carbocycles. The first-order valence-electron chi connectivity index (χ1n) is 12.6. The molecule has 0 radical (unpaired) electrons. The Morgan fingerprint density at radius 1 is 1.09 bits per heavy atom. The third kappa shape index (κ3) is 4.84. The largest absolute Gasteiger partial charge is 0.374 e. The number of hydrogen-bond donors (Lipinski definition) is 4. The van der Waals surface area contributed by atoms with Crippen LogP contribution in [0.3, 0.4) is 0 Å². The van der Waals surface area contributed by atoms with Gasteiger partial charge < -0.3 is 16.0 Å². The molecule has 7 rings (SSSR count). The third-order valence-corrected chi connectivity index (χ3v) is 9.02. The van der Waals surface area contributed by atoms with Crippen LogP contribution in [-0.4, -0.2) is 34.3 Å². The molecule has 0 spiro atoms. The number of thiazole rings is 1. The Hall–Kier alpha value is -2.78. The fourth-order valence-electron chi connectivity index (χ4n) is 7.00. The number of nitrogens with zero attached hydrogens (tertiary/aromatic N) is 1. The van der Waals surface area contributed by atoms with Gasteiger partial charge in [-0.1, -0.05) is 6.07 Å². The topological polar surface area (TPSA) is 112 Å². The molecule has 4 aliphatic carbocycles. The molecule has 9 heteroatoms. The molecule has 5 fully saturated rings. The maximum Gasteiger partial charge on any atom is 0.284 e. The summed E-state index contributed by atoms with van der Waals surface area (Å²) in [6.07, 6.45) is 8.90. The van der Waals surface area contributed by atoms with Crippen LogP contribution in [0.2, 0.25) is 0 Å². The lowest BCUT2D eigenvalue weighted by Gasteiger charge is -2.57. The zero-order chi connectivity index (χ0) is 24.0. The van der Waals surface area contributed by atoms with E-state index in [-0.39, 0.29) is 23.3 Å². The second kappa shape index (κ2) is 9.02. The Morgan fingerprint density at radius 3 is 2.51 bits per heavy atom. The Labute approximate surface area is 208 Å². The van der Waals surface area contributed by atoms with Crippen LogP contribution in [0.5, 0.6) is 0 Å². The minimum atomic E-state index is -0.471. The van der Waals surface area contributed by atoms with Crippen molar-refractivity contribution >= 4 is 40.4 Å². The fraction of sp³-hybridized carbons (Fsp3) is 0.538. The highest BCUT2D eigenvalue weighted by Crippen LogP contribution is 2.55. The first-order chi connectivity index (χ1) is 16.9. The molecule has 2 aromatic rings. The molecule has 4 N–H and O–H groups in total. The number of hydrogen-bond acceptors (Lipinski definition) is 7. The Morgan fingerprint density at radius 2 is 1.80 bits per heavy atom. The number of nitrogens with one attached hydrogen (secondary N) is 4. The summed E-state index contributed by atoms with van der Waals surface area (Å²) in [5.41, 5.74) is 2.52. The van der Waals surface area contributed by atoms with Gasteiger partial charge in [-0.25, -0.2) is 4.98 Å². The summed E-state index contributed by atoms with van der Waals surface area (Å²) < 4.78 is 0. The van der Waals surface area contributed by atoms with Crippen LogP contribution in [0.4, 0.5) is 11.4 Å². The van der Waals surface area contributed by atoms with E-state index in [0.29, 0.717) is 35.8 Å². The monoisotopic (exact) mass is 493 g/mol. The van der Waals surface area contributed by atoms with E-state index < -0.39 is 6.04 Å². The van der Waals surface area contributed by atoms with Gasteiger partial charge >= 0.3 is 0 Å². The van der Waals surface area contributed by atoms with E-state index in [1.165, 1.54) is 49.9 Å². The summed E-state index contributed by atoms with van der Waals surface area (Å²) >= 11 is 1.36. The molecule has 184 valence electrons. The summed E-state index contributed by atoms with van der Waals surface area (Å²) in [5, 5.41) is 14.7. The van der Waals surface area contributed by atoms with Crippen LogP contribution >= 0.6 is 11.3 Å². The summed E-state index contributed by atoms with van der Waals surface area (Å²) in [5.74, 6) is 1.87. The average molecular weight is 494 g/mol. The summed E-state index contributed by atoms with van der Waals surface area (Å²) in [6.45, 7) is 0.710. The van der Waals surface area contributed by atoms with E-state index in [1.54, 1.807) is 12.1 Å². The number of aromatic nitrogens is 1. The lowest BCUT2D eigenvalue weighted by atomic mass is 9.53. The Balaban J connectivity index is 1.05. The molecule has 1 aromatic heterocycles. The first-order valence-corrected chi connectivity index (χ1v) is 13.5. The molecule has 35 heavy (non-hydrogen) atoms. The standard InChI is InChI=1S/C26H31N5O3S/c32-22-5-4-21(23(33)31-22)28-18-2-1-3-19(9-18)29-24(34)25-30-20(14-35-25)13-27-26-10-15-6-16(11-26)8-17(7-15)12-26/h1-3,9,14-17,21,27-28H,4-8,10-13H2,(H,29,34)(H,31,32,33). The van der Waals surface area contributed by atoms with Crippen LogP contribution < -0.4 is 21.3 Å². The second-order valence-electron chi connectivity index (χ2n) is 10.9. The first kappa shape index (κ1) is 22.7. The van der Waals surface area contributed by atoms with E-state index >= 15 is 0 Å². The van der Waals surface area contributed by atoms with Crippen molar-refractivity contribution < 1.29 is 14.4 Å². The highest BCUT2D eigenvalue weighted by Gasteiger charge is 2.50. The summed E-state index contributed by atoms with van der Waals surface area (Å²) in [7, 11) is 0. The molecular weight excluding hydrogens is 462 g/mol. The number of anilines is 2. The Kier molecular flexibility index (Phi) is 5.84. The molecule has 4 bridgehead atoms. The van der Waals surface area contributed by atoms with Crippen molar-refractivity contribution in [2.75, 3.05) is 10.6 Å². The zero-order valence-electron chi connectivity index (χ0n) is 19.6. The predicted octanol–water partition coefficient (Wildman–Crippen LogP) is 3.67. The van der Waals surface area contributed by atoms with Gasteiger partial charge in [0.2, 0.25) is 11.8 Å². The van der Waals surface area contributed by atoms with Crippen molar-refractivity contribution in [1.29, 1.82) is 0 Å². The van der Waals surface area contributed by atoms with Crippen LogP contribution in [0.1, 0.15) is 66.9 Å². The normalized spacial score (nSPS) is 31.3. The summed E-state index contributed by atoms with van der Waals surface area (Å²) in [4.78, 5) is 40.8. The maximum absolute atomic E-state index is 12.8. The average Bonchev–Trinajstić information content (AvgIpc) is 3.29. The predicted molar refractivity (Wildman–Crippen MR) is 134 cm³/mol. The lowest BCUT2D eigenvalue weighted by molar-refractivity contribution is -0.133. The lowest BCUT2D eigenvalue weighted by Crippen LogP contribution is -2.58. The zero-order valence-corrected chi connectivity index (χ0v) is 20.5. The molecule has 5 aliphatic rings. The van der Waals surface area contributed by atoms with Crippen molar-refractivity contribution in [3.05, 3.63) is 40.3 Å². The number of rotatable bonds is 7. The van der Waals surface area contributed by atoms with Gasteiger partial charge in [-0.05, 0) is 80.9 Å². The molecule has 2 heterocycles. The molecule has 1 aromatic carbocycles. The van der Waals surface area contributed by atoms with Gasteiger partial charge in [0.1, 0.15) is 6.04 Å². The minimum Gasteiger partial charge on any atom is -0.374 e. The smallest absolute Gasteiger partial charge is 0.284 e. The minimum absolute atomic E-state index is 0.241. The fourth-order valence-corrected chi connectivity index (χ4v) is 7.71. The van der Waals surface area contributed by atoms with E-state index in [0.717, 1.165) is 23.4 Å². The highest BCUT2D eigenvalue weighted by molar-refractivity contribution is 7.11. The SMILES string of the molecule is O=C1CCC(Nc2cccc(NC(=O)c3nc(CNC45CC6CC(CC(C6)C4)C5)cs3)c2)C(=O)N1. The number of carbonyl (C=O) groups is 3. The van der Waals surface area contributed by atoms with Crippen molar-refractivity contribution in [2.45, 2.75) is 69.5 Å². The van der Waals surface area contributed by atoms with Crippen LogP contribution in [0.15, 0.2) is 29.6 Å². The second-order valence-corrected chi connectivity index (χ2v) is 11.7. The van der Waals surface area contributed by atoms with Gasteiger partial charge in [-0.2, -0.15) is 0 Å². The highest BCUT2D eigenvalue weighted by atomic mass is 32.1. The molecular formula is C26H31N5O3S. The third-order valence-electron chi connectivity index (χ3n) is 8.13. The maximum atomic E-state index is 12.8. The quantitative estimate of drug-likeness (QED) is 0.438. The van der Waals surface area contributed by atoms with E-state index in [1.807, 2.05) is 17.5 Å². The molecule has 1 saturated heterocycles. The Bertz CT molecular complexity index is 1130. The number of carbonyl (C=O) groups excluding carboxylic acids is 3. The van der Waals surface area contributed by atoms with Gasteiger partial charge in [0.05, 0.1) is 5.69 Å². The molecule has 1 atom stereocenters.